The largest absolute Gasteiger partial charge is 0.394 e. The lowest BCUT2D eigenvalue weighted by Gasteiger charge is -2.32. The fourth-order valence-corrected chi connectivity index (χ4v) is 3.76. The van der Waals surface area contributed by atoms with Gasteiger partial charge in [0.15, 0.2) is 5.82 Å². The molecule has 2 rings (SSSR count). The Morgan fingerprint density at radius 1 is 1.38 bits per heavy atom. The second kappa shape index (κ2) is 7.02. The van der Waals surface area contributed by atoms with E-state index in [1.54, 1.807) is 12.1 Å². The molecule has 132 valence electrons. The predicted molar refractivity (Wildman–Crippen MR) is 89.2 cm³/mol. The third-order valence-corrected chi connectivity index (χ3v) is 5.01. The van der Waals surface area contributed by atoms with Gasteiger partial charge in [-0.05, 0) is 18.4 Å². The third kappa shape index (κ3) is 3.23. The number of nitrogens with zero attached hydrogens (tertiary/aromatic N) is 1. The number of benzene rings is 1. The molecule has 8 heteroatoms. The zero-order chi connectivity index (χ0) is 18.0. The number of ether oxygens (including phenoxy) is 1. The second-order valence-corrected chi connectivity index (χ2v) is 7.37. The first-order valence-electron chi connectivity index (χ1n) is 7.56. The summed E-state index contributed by atoms with van der Waals surface area (Å²) in [7, 11) is -4.77. The molecule has 1 aromatic carbocycles. The van der Waals surface area contributed by atoms with Crippen LogP contribution < -0.4 is 0 Å². The molecule has 2 aromatic rings. The van der Waals surface area contributed by atoms with Gasteiger partial charge in [-0.25, -0.2) is 4.98 Å². The van der Waals surface area contributed by atoms with Gasteiger partial charge in [-0.2, -0.15) is 8.42 Å². The van der Waals surface area contributed by atoms with Crippen molar-refractivity contribution in [1.82, 2.24) is 9.97 Å². The molecule has 1 unspecified atom stereocenters. The molecular weight excluding hydrogens is 332 g/mol. The predicted octanol–water partition coefficient (Wildman–Crippen LogP) is 1.94. The average Bonchev–Trinajstić information content (AvgIpc) is 3.02. The maximum Gasteiger partial charge on any atom is 0.307 e. The van der Waals surface area contributed by atoms with Gasteiger partial charge in [0.05, 0.1) is 13.2 Å². The summed E-state index contributed by atoms with van der Waals surface area (Å²) in [6, 6.07) is 5.20. The lowest BCUT2D eigenvalue weighted by molar-refractivity contribution is 0.0102. The number of aryl methyl sites for hydroxylation is 1. The van der Waals surface area contributed by atoms with E-state index in [4.69, 9.17) is 9.84 Å². The number of nitrogens with one attached hydrogen (secondary N) is 1. The summed E-state index contributed by atoms with van der Waals surface area (Å²) >= 11 is 0. The van der Waals surface area contributed by atoms with Crippen molar-refractivity contribution in [2.75, 3.05) is 13.2 Å². The Kier molecular flexibility index (Phi) is 5.44. The van der Waals surface area contributed by atoms with Gasteiger partial charge in [0.1, 0.15) is 0 Å². The van der Waals surface area contributed by atoms with Gasteiger partial charge >= 0.3 is 10.1 Å². The molecule has 24 heavy (non-hydrogen) atoms. The Labute approximate surface area is 141 Å². The molecule has 0 aliphatic carbocycles. The molecule has 0 saturated heterocycles. The van der Waals surface area contributed by atoms with Crippen LogP contribution in [0.4, 0.5) is 0 Å². The second-order valence-electron chi connectivity index (χ2n) is 5.85. The molecule has 0 amide bonds. The van der Waals surface area contributed by atoms with Crippen LogP contribution in [0.5, 0.6) is 0 Å². The van der Waals surface area contributed by atoms with E-state index >= 15 is 0 Å². The van der Waals surface area contributed by atoms with Crippen LogP contribution in [0.2, 0.25) is 0 Å². The average molecular weight is 354 g/mol. The van der Waals surface area contributed by atoms with Crippen LogP contribution in [-0.4, -0.2) is 41.3 Å². The van der Waals surface area contributed by atoms with Gasteiger partial charge < -0.3 is 14.8 Å². The maximum atomic E-state index is 12.4. The molecule has 0 radical (unpaired) electrons. The van der Waals surface area contributed by atoms with Crippen LogP contribution in [0.3, 0.4) is 0 Å². The first-order chi connectivity index (χ1) is 11.2. The van der Waals surface area contributed by atoms with E-state index in [2.05, 4.69) is 9.97 Å². The maximum absolute atomic E-state index is 12.4. The van der Waals surface area contributed by atoms with Crippen molar-refractivity contribution >= 4 is 10.1 Å². The third-order valence-electron chi connectivity index (χ3n) is 3.75. The highest BCUT2D eigenvalue weighted by atomic mass is 32.2. The molecule has 0 saturated carbocycles. The van der Waals surface area contributed by atoms with Crippen molar-refractivity contribution in [2.24, 2.45) is 0 Å². The summed E-state index contributed by atoms with van der Waals surface area (Å²) in [6.07, 6.45) is 2.82. The quantitative estimate of drug-likeness (QED) is 0.655. The molecular formula is C16H22N2O5S. The van der Waals surface area contributed by atoms with Crippen LogP contribution in [0.15, 0.2) is 30.6 Å². The zero-order valence-corrected chi connectivity index (χ0v) is 14.7. The first-order valence-corrected chi connectivity index (χ1v) is 9.00. The number of aromatic amines is 1. The zero-order valence-electron chi connectivity index (χ0n) is 13.9. The topological polar surface area (TPSA) is 113 Å². The lowest BCUT2D eigenvalue weighted by Crippen LogP contribution is -2.42. The molecule has 1 heterocycles. The molecule has 1 atom stereocenters. The SMILES string of the molecule is Cc1ccc(C(OCCO)(c2ncc[nH]2)S(=O)(=O)O)c(C(C)C)c1. The van der Waals surface area contributed by atoms with Crippen molar-refractivity contribution in [2.45, 2.75) is 31.6 Å². The molecule has 7 nitrogen and oxygen atoms in total. The number of H-pyrrole nitrogens is 1. The molecule has 0 fully saturated rings. The number of hydrogen-bond acceptors (Lipinski definition) is 5. The normalized spacial score (nSPS) is 14.8. The summed E-state index contributed by atoms with van der Waals surface area (Å²) < 4.78 is 40.4. The van der Waals surface area contributed by atoms with Crippen molar-refractivity contribution in [1.29, 1.82) is 0 Å². The standard InChI is InChI=1S/C16H22N2O5S/c1-11(2)13-10-12(3)4-5-14(13)16(23-9-8-19,24(20,21)22)15-17-6-7-18-15/h4-7,10-11,19H,8-9H2,1-3H3,(H,17,18)(H,20,21,22). The van der Waals surface area contributed by atoms with Gasteiger partial charge in [-0.3, -0.25) is 4.55 Å². The van der Waals surface area contributed by atoms with Gasteiger partial charge in [0.25, 0.3) is 4.93 Å². The van der Waals surface area contributed by atoms with E-state index in [1.165, 1.54) is 12.4 Å². The number of imidazole rings is 1. The van der Waals surface area contributed by atoms with Crippen LogP contribution in [0, 0.1) is 6.92 Å². The lowest BCUT2D eigenvalue weighted by atomic mass is 9.91. The Bertz CT molecular complexity index is 787. The highest BCUT2D eigenvalue weighted by Crippen LogP contribution is 2.40. The fourth-order valence-electron chi connectivity index (χ4n) is 2.70. The van der Waals surface area contributed by atoms with Crippen molar-refractivity contribution in [3.05, 3.63) is 53.1 Å². The minimum Gasteiger partial charge on any atom is -0.394 e. The van der Waals surface area contributed by atoms with E-state index in [9.17, 15) is 13.0 Å². The number of rotatable bonds is 7. The van der Waals surface area contributed by atoms with E-state index in [0.717, 1.165) is 5.56 Å². The Balaban J connectivity index is 2.85. The highest BCUT2D eigenvalue weighted by Gasteiger charge is 2.52. The van der Waals surface area contributed by atoms with Crippen molar-refractivity contribution in [3.8, 4) is 0 Å². The van der Waals surface area contributed by atoms with E-state index in [1.807, 2.05) is 26.8 Å². The number of aliphatic hydroxyl groups excluding tert-OH is 1. The summed E-state index contributed by atoms with van der Waals surface area (Å²) in [6.45, 7) is 5.04. The molecule has 0 aliphatic rings. The molecule has 1 aromatic heterocycles. The minimum atomic E-state index is -4.77. The molecule has 0 spiro atoms. The highest BCUT2D eigenvalue weighted by molar-refractivity contribution is 7.86. The number of hydrogen-bond donors (Lipinski definition) is 3. The Hall–Kier alpha value is -1.74. The number of aliphatic hydroxyl groups is 1. The Morgan fingerprint density at radius 2 is 2.08 bits per heavy atom. The van der Waals surface area contributed by atoms with Crippen LogP contribution in [0.25, 0.3) is 0 Å². The minimum absolute atomic E-state index is 0.0197. The van der Waals surface area contributed by atoms with Crippen LogP contribution in [0.1, 0.15) is 42.3 Å². The van der Waals surface area contributed by atoms with E-state index in [-0.39, 0.29) is 23.9 Å². The molecule has 0 aliphatic heterocycles. The van der Waals surface area contributed by atoms with E-state index < -0.39 is 21.7 Å². The summed E-state index contributed by atoms with van der Waals surface area (Å²) in [4.78, 5) is 4.49. The summed E-state index contributed by atoms with van der Waals surface area (Å²) in [5, 5.41) is 9.13. The first kappa shape index (κ1) is 18.6. The van der Waals surface area contributed by atoms with E-state index in [0.29, 0.717) is 5.56 Å². The van der Waals surface area contributed by atoms with Gasteiger partial charge in [-0.1, -0.05) is 37.6 Å². The monoisotopic (exact) mass is 354 g/mol. The summed E-state index contributed by atoms with van der Waals surface area (Å²) in [5.41, 5.74) is 1.93. The molecule has 3 N–H and O–H groups in total. The van der Waals surface area contributed by atoms with Gasteiger partial charge in [0, 0.05) is 18.0 Å². The smallest absolute Gasteiger partial charge is 0.307 e. The van der Waals surface area contributed by atoms with Crippen molar-refractivity contribution in [3.63, 3.8) is 0 Å². The van der Waals surface area contributed by atoms with Crippen LogP contribution in [-0.2, 0) is 19.8 Å². The number of aromatic nitrogens is 2. The fraction of sp³-hybridized carbons (Fsp3) is 0.438. The molecule has 0 bridgehead atoms. The van der Waals surface area contributed by atoms with Gasteiger partial charge in [-0.15, -0.1) is 0 Å². The van der Waals surface area contributed by atoms with Crippen molar-refractivity contribution < 1.29 is 22.8 Å². The van der Waals surface area contributed by atoms with Gasteiger partial charge in [0.2, 0.25) is 0 Å². The van der Waals surface area contributed by atoms with Crippen LogP contribution >= 0.6 is 0 Å². The summed E-state index contributed by atoms with van der Waals surface area (Å²) in [5.74, 6) is -0.0853. The Morgan fingerprint density at radius 3 is 2.58 bits per heavy atom.